The molecule has 1 aliphatic rings. The fourth-order valence-electron chi connectivity index (χ4n) is 2.11. The predicted molar refractivity (Wildman–Crippen MR) is 73.9 cm³/mol. The highest BCUT2D eigenvalue weighted by Gasteiger charge is 2.28. The predicted octanol–water partition coefficient (Wildman–Crippen LogP) is 3.59. The maximum Gasteiger partial charge on any atom is 0.255 e. The summed E-state index contributed by atoms with van der Waals surface area (Å²) in [6.07, 6.45) is 0.997. The molecule has 2 nitrogen and oxygen atoms in total. The van der Waals surface area contributed by atoms with E-state index in [2.05, 4.69) is 22.9 Å². The van der Waals surface area contributed by atoms with Gasteiger partial charge in [0.15, 0.2) is 0 Å². The fourth-order valence-corrected chi connectivity index (χ4v) is 2.69. The molecule has 0 saturated carbocycles. The van der Waals surface area contributed by atoms with Crippen molar-refractivity contribution < 1.29 is 4.79 Å². The minimum atomic E-state index is 0.0434. The molecule has 0 N–H and O–H groups in total. The molecule has 0 radical (unpaired) electrons. The normalized spacial score (nSPS) is 24.8. The Morgan fingerprint density at radius 1 is 1.47 bits per heavy atom. The van der Waals surface area contributed by atoms with Crippen molar-refractivity contribution >= 4 is 33.4 Å². The second kappa shape index (κ2) is 5.40. The van der Waals surface area contributed by atoms with E-state index >= 15 is 0 Å². The lowest BCUT2D eigenvalue weighted by molar-refractivity contribution is 0.0690. The van der Waals surface area contributed by atoms with Gasteiger partial charge >= 0.3 is 0 Å². The molecule has 1 aromatic carbocycles. The molecule has 17 heavy (non-hydrogen) atoms. The Bertz CT molecular complexity index is 424. The average molecular weight is 317 g/mol. The van der Waals surface area contributed by atoms with Gasteiger partial charge in [0.2, 0.25) is 0 Å². The van der Waals surface area contributed by atoms with Gasteiger partial charge in [0, 0.05) is 17.9 Å². The topological polar surface area (TPSA) is 20.3 Å². The molecule has 0 spiro atoms. The second-order valence-electron chi connectivity index (χ2n) is 4.51. The van der Waals surface area contributed by atoms with Crippen molar-refractivity contribution in [3.05, 3.63) is 34.9 Å². The zero-order valence-electron chi connectivity index (χ0n) is 9.70. The van der Waals surface area contributed by atoms with Crippen LogP contribution < -0.4 is 0 Å². The molecule has 92 valence electrons. The van der Waals surface area contributed by atoms with Crippen molar-refractivity contribution in [2.75, 3.05) is 13.1 Å². The SMILES string of the molecule is CC1CN(C(=O)c2ccccc2Cl)CCC1Br. The molecular formula is C13H15BrClNO. The lowest BCUT2D eigenvalue weighted by Crippen LogP contribution is -2.43. The van der Waals surface area contributed by atoms with Crippen LogP contribution >= 0.6 is 27.5 Å². The number of hydrogen-bond acceptors (Lipinski definition) is 1. The molecule has 2 unspecified atom stereocenters. The van der Waals surface area contributed by atoms with Crippen LogP contribution in [0.2, 0.25) is 5.02 Å². The van der Waals surface area contributed by atoms with Crippen LogP contribution in [0.3, 0.4) is 0 Å². The molecule has 1 saturated heterocycles. The van der Waals surface area contributed by atoms with Crippen LogP contribution in [0.1, 0.15) is 23.7 Å². The van der Waals surface area contributed by atoms with Crippen molar-refractivity contribution in [2.24, 2.45) is 5.92 Å². The molecule has 1 aliphatic heterocycles. The smallest absolute Gasteiger partial charge is 0.255 e. The highest BCUT2D eigenvalue weighted by Crippen LogP contribution is 2.25. The summed E-state index contributed by atoms with van der Waals surface area (Å²) in [5.74, 6) is 0.525. The maximum atomic E-state index is 12.3. The van der Waals surface area contributed by atoms with Gasteiger partial charge in [-0.2, -0.15) is 0 Å². The molecule has 1 amide bonds. The number of carbonyl (C=O) groups excluding carboxylic acids is 1. The maximum absolute atomic E-state index is 12.3. The van der Waals surface area contributed by atoms with E-state index in [1.165, 1.54) is 0 Å². The molecule has 0 aliphatic carbocycles. The van der Waals surface area contributed by atoms with Crippen molar-refractivity contribution in [1.82, 2.24) is 4.90 Å². The van der Waals surface area contributed by atoms with Crippen LogP contribution in [0.5, 0.6) is 0 Å². The summed E-state index contributed by atoms with van der Waals surface area (Å²) in [6.45, 7) is 3.75. The molecule has 2 atom stereocenters. The van der Waals surface area contributed by atoms with Gasteiger partial charge in [-0.25, -0.2) is 0 Å². The first-order valence-corrected chi connectivity index (χ1v) is 7.07. The Labute approximate surface area is 115 Å². The quantitative estimate of drug-likeness (QED) is 0.725. The van der Waals surface area contributed by atoms with Crippen LogP contribution in [0.4, 0.5) is 0 Å². The van der Waals surface area contributed by atoms with Gasteiger partial charge in [0.1, 0.15) is 0 Å². The van der Waals surface area contributed by atoms with Gasteiger partial charge < -0.3 is 4.90 Å². The number of carbonyl (C=O) groups is 1. The van der Waals surface area contributed by atoms with Crippen molar-refractivity contribution in [2.45, 2.75) is 18.2 Å². The zero-order chi connectivity index (χ0) is 12.4. The van der Waals surface area contributed by atoms with Gasteiger partial charge in [-0.15, -0.1) is 0 Å². The average Bonchev–Trinajstić information content (AvgIpc) is 2.32. The van der Waals surface area contributed by atoms with E-state index in [0.717, 1.165) is 19.5 Å². The van der Waals surface area contributed by atoms with Crippen LogP contribution in [-0.2, 0) is 0 Å². The third-order valence-corrected chi connectivity index (χ3v) is 4.88. The first-order chi connectivity index (χ1) is 8.09. The monoisotopic (exact) mass is 315 g/mol. The number of benzene rings is 1. The third kappa shape index (κ3) is 2.83. The number of amides is 1. The second-order valence-corrected chi connectivity index (χ2v) is 6.10. The van der Waals surface area contributed by atoms with Crippen LogP contribution in [0.15, 0.2) is 24.3 Å². The lowest BCUT2D eigenvalue weighted by Gasteiger charge is -2.34. The van der Waals surface area contributed by atoms with E-state index in [-0.39, 0.29) is 5.91 Å². The highest BCUT2D eigenvalue weighted by molar-refractivity contribution is 9.09. The number of piperidine rings is 1. The van der Waals surface area contributed by atoms with Gasteiger partial charge in [-0.3, -0.25) is 4.79 Å². The van der Waals surface area contributed by atoms with Crippen molar-refractivity contribution in [3.63, 3.8) is 0 Å². The van der Waals surface area contributed by atoms with Gasteiger partial charge in [0.05, 0.1) is 10.6 Å². The van der Waals surface area contributed by atoms with Crippen LogP contribution in [0.25, 0.3) is 0 Å². The van der Waals surface area contributed by atoms with Crippen molar-refractivity contribution in [3.8, 4) is 0 Å². The van der Waals surface area contributed by atoms with E-state index in [0.29, 0.717) is 21.3 Å². The molecule has 0 bridgehead atoms. The summed E-state index contributed by atoms with van der Waals surface area (Å²) in [5.41, 5.74) is 0.606. The van der Waals surface area contributed by atoms with E-state index in [1.54, 1.807) is 12.1 Å². The van der Waals surface area contributed by atoms with E-state index < -0.39 is 0 Å². The van der Waals surface area contributed by atoms with Gasteiger partial charge in [-0.05, 0) is 24.5 Å². The minimum absolute atomic E-state index is 0.0434. The molecule has 0 aromatic heterocycles. The first kappa shape index (κ1) is 12.9. The van der Waals surface area contributed by atoms with E-state index in [4.69, 9.17) is 11.6 Å². The number of alkyl halides is 1. The summed E-state index contributed by atoms with van der Waals surface area (Å²) in [7, 11) is 0. The Morgan fingerprint density at radius 2 is 2.18 bits per heavy atom. The summed E-state index contributed by atoms with van der Waals surface area (Å²) in [6, 6.07) is 7.23. The molecule has 1 fully saturated rings. The standard InChI is InChI=1S/C13H15BrClNO/c1-9-8-16(7-6-11(9)14)13(17)10-4-2-3-5-12(10)15/h2-5,9,11H,6-8H2,1H3. The summed E-state index contributed by atoms with van der Waals surface area (Å²) >= 11 is 9.68. The zero-order valence-corrected chi connectivity index (χ0v) is 12.0. The first-order valence-electron chi connectivity index (χ1n) is 5.77. The van der Waals surface area contributed by atoms with E-state index in [9.17, 15) is 4.79 Å². The van der Waals surface area contributed by atoms with E-state index in [1.807, 2.05) is 17.0 Å². The summed E-state index contributed by atoms with van der Waals surface area (Å²) < 4.78 is 0. The Balaban J connectivity index is 2.14. The number of likely N-dealkylation sites (tertiary alicyclic amines) is 1. The minimum Gasteiger partial charge on any atom is -0.338 e. The third-order valence-electron chi connectivity index (χ3n) is 3.19. The Hall–Kier alpha value is -0.540. The number of halogens is 2. The molecule has 2 rings (SSSR count). The highest BCUT2D eigenvalue weighted by atomic mass is 79.9. The largest absolute Gasteiger partial charge is 0.338 e. The number of rotatable bonds is 1. The lowest BCUT2D eigenvalue weighted by atomic mass is 9.99. The Morgan fingerprint density at radius 3 is 2.82 bits per heavy atom. The molecule has 1 heterocycles. The molecule has 4 heteroatoms. The fraction of sp³-hybridized carbons (Fsp3) is 0.462. The van der Waals surface area contributed by atoms with Gasteiger partial charge in [0.25, 0.3) is 5.91 Å². The van der Waals surface area contributed by atoms with Crippen molar-refractivity contribution in [1.29, 1.82) is 0 Å². The summed E-state index contributed by atoms with van der Waals surface area (Å²) in [4.78, 5) is 14.7. The molecule has 1 aromatic rings. The number of hydrogen-bond donors (Lipinski definition) is 0. The van der Waals surface area contributed by atoms with Crippen LogP contribution in [-0.4, -0.2) is 28.7 Å². The summed E-state index contributed by atoms with van der Waals surface area (Å²) in [5, 5.41) is 0.533. The van der Waals surface area contributed by atoms with Crippen LogP contribution in [0, 0.1) is 5.92 Å². The number of nitrogens with zero attached hydrogens (tertiary/aromatic N) is 1. The molecular weight excluding hydrogens is 302 g/mol. The van der Waals surface area contributed by atoms with Gasteiger partial charge in [-0.1, -0.05) is 46.6 Å². The Kier molecular flexibility index (Phi) is 4.10.